The molecule has 0 unspecified atom stereocenters. The lowest BCUT2D eigenvalue weighted by molar-refractivity contribution is -0.120. The molecule has 2 amide bonds. The van der Waals surface area contributed by atoms with Crippen molar-refractivity contribution < 1.29 is 23.8 Å². The predicted molar refractivity (Wildman–Crippen MR) is 79.0 cm³/mol. The zero-order chi connectivity index (χ0) is 16.8. The standard InChI is InChI=1S/C15H21FN2O4/c1-15(2,3)22-14(21)18-7-6-17-13(20)9-10-4-5-11(16)12(19)8-10/h4-5,8,19H,6-7,9H2,1-3H3,(H,17,20)(H,18,21). The molecular weight excluding hydrogens is 291 g/mol. The van der Waals surface area contributed by atoms with Crippen LogP contribution in [0.1, 0.15) is 26.3 Å². The van der Waals surface area contributed by atoms with E-state index in [-0.39, 0.29) is 25.4 Å². The van der Waals surface area contributed by atoms with Crippen LogP contribution in [-0.4, -0.2) is 35.8 Å². The van der Waals surface area contributed by atoms with E-state index in [1.807, 2.05) is 0 Å². The van der Waals surface area contributed by atoms with Crippen LogP contribution in [0.3, 0.4) is 0 Å². The minimum Gasteiger partial charge on any atom is -0.505 e. The van der Waals surface area contributed by atoms with Gasteiger partial charge in [0.25, 0.3) is 0 Å². The van der Waals surface area contributed by atoms with Gasteiger partial charge in [-0.15, -0.1) is 0 Å². The first-order valence-corrected chi connectivity index (χ1v) is 6.88. The van der Waals surface area contributed by atoms with E-state index in [1.54, 1.807) is 20.8 Å². The first-order chi connectivity index (χ1) is 10.2. The van der Waals surface area contributed by atoms with Crippen molar-refractivity contribution in [1.82, 2.24) is 10.6 Å². The van der Waals surface area contributed by atoms with Gasteiger partial charge in [-0.05, 0) is 38.5 Å². The molecule has 0 radical (unpaired) electrons. The number of carbonyl (C=O) groups excluding carboxylic acids is 2. The Kier molecular flexibility index (Phi) is 6.15. The number of rotatable bonds is 5. The number of aromatic hydroxyl groups is 1. The normalized spacial score (nSPS) is 10.9. The Hall–Kier alpha value is -2.31. The molecule has 3 N–H and O–H groups in total. The summed E-state index contributed by atoms with van der Waals surface area (Å²) < 4.78 is 17.9. The summed E-state index contributed by atoms with van der Waals surface area (Å²) in [6.45, 7) is 5.74. The van der Waals surface area contributed by atoms with Gasteiger partial charge in [0, 0.05) is 13.1 Å². The molecule has 0 saturated carbocycles. The zero-order valence-electron chi connectivity index (χ0n) is 12.9. The van der Waals surface area contributed by atoms with Gasteiger partial charge < -0.3 is 20.5 Å². The number of nitrogens with one attached hydrogen (secondary N) is 2. The number of ether oxygens (including phenoxy) is 1. The van der Waals surface area contributed by atoms with Crippen molar-refractivity contribution in [2.24, 2.45) is 0 Å². The monoisotopic (exact) mass is 312 g/mol. The van der Waals surface area contributed by atoms with Crippen molar-refractivity contribution in [3.8, 4) is 5.75 Å². The number of amides is 2. The molecule has 22 heavy (non-hydrogen) atoms. The third-order valence-electron chi connectivity index (χ3n) is 2.49. The van der Waals surface area contributed by atoms with Gasteiger partial charge in [-0.2, -0.15) is 0 Å². The number of benzene rings is 1. The molecule has 0 spiro atoms. The van der Waals surface area contributed by atoms with Crippen LogP contribution in [-0.2, 0) is 16.0 Å². The molecule has 0 fully saturated rings. The maximum absolute atomic E-state index is 12.9. The Morgan fingerprint density at radius 3 is 2.45 bits per heavy atom. The predicted octanol–water partition coefficient (Wildman–Crippen LogP) is 1.71. The molecule has 1 rings (SSSR count). The van der Waals surface area contributed by atoms with Gasteiger partial charge in [0.15, 0.2) is 11.6 Å². The third kappa shape index (κ3) is 6.92. The second-order valence-corrected chi connectivity index (χ2v) is 5.74. The van der Waals surface area contributed by atoms with Gasteiger partial charge in [-0.3, -0.25) is 4.79 Å². The second-order valence-electron chi connectivity index (χ2n) is 5.74. The maximum Gasteiger partial charge on any atom is 0.407 e. The van der Waals surface area contributed by atoms with Crippen LogP contribution in [0.4, 0.5) is 9.18 Å². The second kappa shape index (κ2) is 7.63. The quantitative estimate of drug-likeness (QED) is 0.722. The largest absolute Gasteiger partial charge is 0.505 e. The fourth-order valence-corrected chi connectivity index (χ4v) is 1.60. The number of alkyl carbamates (subject to hydrolysis) is 1. The van der Waals surface area contributed by atoms with Crippen LogP contribution in [0, 0.1) is 5.82 Å². The SMILES string of the molecule is CC(C)(C)OC(=O)NCCNC(=O)Cc1ccc(F)c(O)c1. The van der Waals surface area contributed by atoms with Crippen LogP contribution < -0.4 is 10.6 Å². The van der Waals surface area contributed by atoms with Gasteiger partial charge in [-0.25, -0.2) is 9.18 Å². The molecule has 1 aromatic carbocycles. The Labute approximate surface area is 128 Å². The van der Waals surface area contributed by atoms with E-state index >= 15 is 0 Å². The molecule has 7 heteroatoms. The highest BCUT2D eigenvalue weighted by Crippen LogP contribution is 2.16. The summed E-state index contributed by atoms with van der Waals surface area (Å²) in [7, 11) is 0. The van der Waals surface area contributed by atoms with Gasteiger partial charge in [-0.1, -0.05) is 6.07 Å². The Bertz CT molecular complexity index is 541. The van der Waals surface area contributed by atoms with Crippen LogP contribution in [0.25, 0.3) is 0 Å². The molecule has 1 aromatic rings. The molecular formula is C15H21FN2O4. The molecule has 6 nitrogen and oxygen atoms in total. The molecule has 0 aromatic heterocycles. The zero-order valence-corrected chi connectivity index (χ0v) is 12.9. The van der Waals surface area contributed by atoms with E-state index in [0.29, 0.717) is 5.56 Å². The summed E-state index contributed by atoms with van der Waals surface area (Å²) in [6.07, 6.45) is -0.537. The molecule has 0 aliphatic carbocycles. The average Bonchev–Trinajstić information content (AvgIpc) is 2.37. The molecule has 0 aliphatic rings. The minimum absolute atomic E-state index is 0.0142. The molecule has 0 saturated heterocycles. The highest BCUT2D eigenvalue weighted by molar-refractivity contribution is 5.78. The van der Waals surface area contributed by atoms with E-state index < -0.39 is 23.3 Å². The molecule has 0 atom stereocenters. The summed E-state index contributed by atoms with van der Waals surface area (Å²) >= 11 is 0. The van der Waals surface area contributed by atoms with Crippen molar-refractivity contribution in [2.45, 2.75) is 32.8 Å². The lowest BCUT2D eigenvalue weighted by atomic mass is 10.1. The number of hydrogen-bond acceptors (Lipinski definition) is 4. The average molecular weight is 312 g/mol. The summed E-state index contributed by atoms with van der Waals surface area (Å²) in [5, 5.41) is 14.3. The Morgan fingerprint density at radius 1 is 1.23 bits per heavy atom. The first-order valence-electron chi connectivity index (χ1n) is 6.88. The van der Waals surface area contributed by atoms with Gasteiger partial charge in [0.2, 0.25) is 5.91 Å². The maximum atomic E-state index is 12.9. The smallest absolute Gasteiger partial charge is 0.407 e. The topological polar surface area (TPSA) is 87.7 Å². The van der Waals surface area contributed by atoms with Crippen molar-refractivity contribution >= 4 is 12.0 Å². The lowest BCUT2D eigenvalue weighted by Gasteiger charge is -2.19. The summed E-state index contributed by atoms with van der Waals surface area (Å²) in [5.74, 6) is -1.51. The van der Waals surface area contributed by atoms with E-state index in [0.717, 1.165) is 6.07 Å². The number of carbonyl (C=O) groups is 2. The number of hydrogen-bond donors (Lipinski definition) is 3. The van der Waals surface area contributed by atoms with Gasteiger partial charge >= 0.3 is 6.09 Å². The van der Waals surface area contributed by atoms with Crippen LogP contribution in [0.15, 0.2) is 18.2 Å². The lowest BCUT2D eigenvalue weighted by Crippen LogP contribution is -2.38. The highest BCUT2D eigenvalue weighted by Gasteiger charge is 2.15. The Morgan fingerprint density at radius 2 is 1.86 bits per heavy atom. The fourth-order valence-electron chi connectivity index (χ4n) is 1.60. The fraction of sp³-hybridized carbons (Fsp3) is 0.467. The first kappa shape index (κ1) is 17.7. The van der Waals surface area contributed by atoms with Crippen molar-refractivity contribution in [1.29, 1.82) is 0 Å². The summed E-state index contributed by atoms with van der Waals surface area (Å²) in [4.78, 5) is 23.0. The van der Waals surface area contributed by atoms with Crippen molar-refractivity contribution in [3.63, 3.8) is 0 Å². The Balaban J connectivity index is 2.26. The van der Waals surface area contributed by atoms with Crippen molar-refractivity contribution in [2.75, 3.05) is 13.1 Å². The number of halogens is 1. The summed E-state index contributed by atoms with van der Waals surface area (Å²) in [5.41, 5.74) is -0.0748. The third-order valence-corrected chi connectivity index (χ3v) is 2.49. The number of phenolic OH excluding ortho intramolecular Hbond substituents is 1. The van der Waals surface area contributed by atoms with Crippen LogP contribution in [0.2, 0.25) is 0 Å². The van der Waals surface area contributed by atoms with Crippen LogP contribution in [0.5, 0.6) is 5.75 Å². The molecule has 122 valence electrons. The van der Waals surface area contributed by atoms with Crippen LogP contribution >= 0.6 is 0 Å². The van der Waals surface area contributed by atoms with Gasteiger partial charge in [0.05, 0.1) is 6.42 Å². The van der Waals surface area contributed by atoms with E-state index in [4.69, 9.17) is 4.74 Å². The number of phenols is 1. The molecule has 0 heterocycles. The van der Waals surface area contributed by atoms with E-state index in [9.17, 15) is 19.1 Å². The minimum atomic E-state index is -0.731. The highest BCUT2D eigenvalue weighted by atomic mass is 19.1. The molecule has 0 aliphatic heterocycles. The van der Waals surface area contributed by atoms with E-state index in [1.165, 1.54) is 12.1 Å². The van der Waals surface area contributed by atoms with Gasteiger partial charge in [0.1, 0.15) is 5.60 Å². The molecule has 0 bridgehead atoms. The van der Waals surface area contributed by atoms with Crippen molar-refractivity contribution in [3.05, 3.63) is 29.6 Å². The van der Waals surface area contributed by atoms with E-state index in [2.05, 4.69) is 10.6 Å². The summed E-state index contributed by atoms with van der Waals surface area (Å²) in [6, 6.07) is 3.73.